The minimum atomic E-state index is -4.82. The van der Waals surface area contributed by atoms with E-state index < -0.39 is 11.7 Å². The molecule has 10 rings (SSSR count). The van der Waals surface area contributed by atoms with E-state index in [9.17, 15) is 5.26 Å². The van der Waals surface area contributed by atoms with Crippen LogP contribution in [0.1, 0.15) is 34.4 Å². The molecule has 13 heteroatoms. The molecule has 0 aliphatic carbocycles. The van der Waals surface area contributed by atoms with E-state index in [0.29, 0.717) is 57.2 Å². The summed E-state index contributed by atoms with van der Waals surface area (Å²) in [4.78, 5) is 30.6. The molecule has 4 heterocycles. The monoisotopic (exact) mass is 816 g/mol. The van der Waals surface area contributed by atoms with Gasteiger partial charge in [0, 0.05) is 38.2 Å². The number of nitriles is 1. The Kier molecular flexibility index (Phi) is 8.68. The molecule has 62 heavy (non-hydrogen) atoms. The molecule has 10 aromatic rings. The van der Waals surface area contributed by atoms with Gasteiger partial charge in [-0.2, -0.15) is 18.4 Å². The average Bonchev–Trinajstić information content (AvgIpc) is 3.76. The highest BCUT2D eigenvalue weighted by Gasteiger charge is 2.36. The molecule has 298 valence electrons. The molecular formula is C49H31F3N10. The van der Waals surface area contributed by atoms with Crippen molar-refractivity contribution in [2.75, 3.05) is 0 Å². The second kappa shape index (κ2) is 14.2. The number of halogens is 3. The highest BCUT2D eigenvalue weighted by atomic mass is 19.4. The quantitative estimate of drug-likeness (QED) is 0.159. The maximum Gasteiger partial charge on any atom is 0.415 e. The molecular weight excluding hydrogens is 786 g/mol. The number of hydrogen-bond donors (Lipinski definition) is 0. The summed E-state index contributed by atoms with van der Waals surface area (Å²) in [6.45, 7) is 15.3. The van der Waals surface area contributed by atoms with Gasteiger partial charge in [-0.25, -0.2) is 34.7 Å². The van der Waals surface area contributed by atoms with Gasteiger partial charge in [-0.1, -0.05) is 60.7 Å². The first-order valence-electron chi connectivity index (χ1n) is 19.5. The van der Waals surface area contributed by atoms with Gasteiger partial charge in [-0.15, -0.1) is 0 Å². The van der Waals surface area contributed by atoms with Crippen LogP contribution in [-0.4, -0.2) is 39.0 Å². The van der Waals surface area contributed by atoms with Gasteiger partial charge < -0.3 is 9.13 Å². The standard InChI is InChI=1S/C49H31F3N10/c1-26-55-27(2)58-47(57-26)30-17-20-42-35(23-30)32-11-6-8-15-40(32)61(42)44-22-19-34(45-38(49(50,51)52)13-10-14-39(45)54-5)46(37(44)25-53)62-41-16-9-7-12-33(41)36-24-31(18-21-43(36)62)48-59-28(3)56-29(4)60-48/h6-24H,1-4H3. The summed E-state index contributed by atoms with van der Waals surface area (Å²) in [6, 6.07) is 36.2. The van der Waals surface area contributed by atoms with Crippen molar-refractivity contribution in [2.45, 2.75) is 33.9 Å². The lowest BCUT2D eigenvalue weighted by Gasteiger charge is -2.22. The topological polar surface area (TPSA) is 115 Å². The summed E-state index contributed by atoms with van der Waals surface area (Å²) in [5, 5.41) is 14.8. The van der Waals surface area contributed by atoms with Gasteiger partial charge in [-0.05, 0) is 87.9 Å². The zero-order chi connectivity index (χ0) is 43.0. The molecule has 0 aliphatic rings. The van der Waals surface area contributed by atoms with Crippen LogP contribution in [0.2, 0.25) is 0 Å². The normalized spacial score (nSPS) is 11.8. The van der Waals surface area contributed by atoms with Crippen LogP contribution in [0.25, 0.3) is 93.7 Å². The minimum Gasteiger partial charge on any atom is -0.308 e. The van der Waals surface area contributed by atoms with Gasteiger partial charge in [0.25, 0.3) is 0 Å². The number of para-hydroxylation sites is 2. The summed E-state index contributed by atoms with van der Waals surface area (Å²) in [5.74, 6) is 3.30. The summed E-state index contributed by atoms with van der Waals surface area (Å²) < 4.78 is 49.2. The van der Waals surface area contributed by atoms with E-state index in [1.54, 1.807) is 26.0 Å². The van der Waals surface area contributed by atoms with E-state index in [0.717, 1.165) is 44.2 Å². The predicted octanol–water partition coefficient (Wildman–Crippen LogP) is 11.9. The number of hydrogen-bond acceptors (Lipinski definition) is 7. The molecule has 6 aromatic carbocycles. The van der Waals surface area contributed by atoms with E-state index in [1.165, 1.54) is 12.1 Å². The molecule has 0 atom stereocenters. The predicted molar refractivity (Wildman–Crippen MR) is 233 cm³/mol. The first-order valence-corrected chi connectivity index (χ1v) is 19.5. The third kappa shape index (κ3) is 6.01. The highest BCUT2D eigenvalue weighted by Crippen LogP contribution is 2.48. The molecule has 0 saturated heterocycles. The van der Waals surface area contributed by atoms with Crippen molar-refractivity contribution in [2.24, 2.45) is 0 Å². The number of nitrogens with zero attached hydrogens (tertiary/aromatic N) is 10. The van der Waals surface area contributed by atoms with Gasteiger partial charge in [0.15, 0.2) is 17.3 Å². The summed E-state index contributed by atoms with van der Waals surface area (Å²) in [5.41, 5.74) is 3.56. The Balaban J connectivity index is 1.34. The van der Waals surface area contributed by atoms with E-state index in [-0.39, 0.29) is 28.1 Å². The zero-order valence-electron chi connectivity index (χ0n) is 33.6. The lowest BCUT2D eigenvalue weighted by Crippen LogP contribution is -2.10. The summed E-state index contributed by atoms with van der Waals surface area (Å²) >= 11 is 0. The van der Waals surface area contributed by atoms with Crippen LogP contribution in [-0.2, 0) is 6.18 Å². The van der Waals surface area contributed by atoms with Crippen molar-refractivity contribution < 1.29 is 13.2 Å². The Labute approximate surface area is 352 Å². The summed E-state index contributed by atoms with van der Waals surface area (Å²) in [6.07, 6.45) is -4.82. The molecule has 0 bridgehead atoms. The number of alkyl halides is 3. The SMILES string of the molecule is [C-]#[N+]c1cccc(C(F)(F)F)c1-c1ccc(-n2c3ccccc3c3cc(-c4nc(C)nc(C)n4)ccc32)c(C#N)c1-n1c2ccccc2c2cc(-c3nc(C)nc(C)n3)ccc21. The van der Waals surface area contributed by atoms with Crippen molar-refractivity contribution in [1.82, 2.24) is 39.0 Å². The summed E-state index contributed by atoms with van der Waals surface area (Å²) in [7, 11) is 0. The fourth-order valence-corrected chi connectivity index (χ4v) is 8.68. The van der Waals surface area contributed by atoms with Crippen molar-refractivity contribution in [3.05, 3.63) is 161 Å². The molecule has 0 N–H and O–H groups in total. The smallest absolute Gasteiger partial charge is 0.308 e. The fourth-order valence-electron chi connectivity index (χ4n) is 8.68. The Morgan fingerprint density at radius 3 is 1.58 bits per heavy atom. The van der Waals surface area contributed by atoms with Crippen molar-refractivity contribution in [3.8, 4) is 51.3 Å². The van der Waals surface area contributed by atoms with Crippen LogP contribution < -0.4 is 0 Å². The Morgan fingerprint density at radius 2 is 1.06 bits per heavy atom. The molecule has 0 radical (unpaired) electrons. The van der Waals surface area contributed by atoms with E-state index in [2.05, 4.69) is 40.8 Å². The van der Waals surface area contributed by atoms with Crippen LogP contribution >= 0.6 is 0 Å². The third-order valence-electron chi connectivity index (χ3n) is 11.0. The van der Waals surface area contributed by atoms with E-state index in [4.69, 9.17) is 6.57 Å². The van der Waals surface area contributed by atoms with Crippen molar-refractivity contribution in [1.29, 1.82) is 5.26 Å². The van der Waals surface area contributed by atoms with Crippen LogP contribution in [0.5, 0.6) is 0 Å². The lowest BCUT2D eigenvalue weighted by molar-refractivity contribution is -0.137. The number of rotatable bonds is 5. The van der Waals surface area contributed by atoms with Crippen LogP contribution in [0, 0.1) is 45.6 Å². The first-order chi connectivity index (χ1) is 29.9. The molecule has 10 nitrogen and oxygen atoms in total. The molecule has 0 saturated carbocycles. The van der Waals surface area contributed by atoms with E-state index >= 15 is 13.2 Å². The van der Waals surface area contributed by atoms with Gasteiger partial charge >= 0.3 is 6.18 Å². The molecule has 0 spiro atoms. The molecule has 4 aromatic heterocycles. The average molecular weight is 817 g/mol. The van der Waals surface area contributed by atoms with Crippen LogP contribution in [0.3, 0.4) is 0 Å². The van der Waals surface area contributed by atoms with Gasteiger partial charge in [-0.3, -0.25) is 0 Å². The van der Waals surface area contributed by atoms with Gasteiger partial charge in [0.2, 0.25) is 0 Å². The molecule has 0 amide bonds. The van der Waals surface area contributed by atoms with Gasteiger partial charge in [0.05, 0.1) is 45.6 Å². The van der Waals surface area contributed by atoms with Crippen molar-refractivity contribution in [3.63, 3.8) is 0 Å². The van der Waals surface area contributed by atoms with Gasteiger partial charge in [0.1, 0.15) is 34.9 Å². The van der Waals surface area contributed by atoms with Crippen LogP contribution in [0.15, 0.2) is 115 Å². The third-order valence-corrected chi connectivity index (χ3v) is 11.0. The lowest BCUT2D eigenvalue weighted by atomic mass is 9.92. The number of aromatic nitrogens is 8. The maximum absolute atomic E-state index is 15.1. The second-order valence-electron chi connectivity index (χ2n) is 15.0. The Hall–Kier alpha value is -8.29. The molecule has 0 aliphatic heterocycles. The van der Waals surface area contributed by atoms with Crippen molar-refractivity contribution >= 4 is 49.3 Å². The number of benzene rings is 6. The number of aryl methyl sites for hydroxylation is 4. The Morgan fingerprint density at radius 1 is 0.565 bits per heavy atom. The minimum absolute atomic E-state index is 0.0725. The largest absolute Gasteiger partial charge is 0.415 e. The second-order valence-corrected chi connectivity index (χ2v) is 15.0. The number of fused-ring (bicyclic) bond motifs is 6. The maximum atomic E-state index is 15.1. The van der Waals surface area contributed by atoms with E-state index in [1.807, 2.05) is 108 Å². The highest BCUT2D eigenvalue weighted by molar-refractivity contribution is 6.13. The zero-order valence-corrected chi connectivity index (χ0v) is 33.6. The molecule has 0 fully saturated rings. The fraction of sp³-hybridized carbons (Fsp3) is 0.102. The Bertz CT molecular complexity index is 3570. The van der Waals surface area contributed by atoms with Crippen LogP contribution in [0.4, 0.5) is 18.9 Å². The first kappa shape index (κ1) is 37.9. The molecule has 0 unspecified atom stereocenters.